The van der Waals surface area contributed by atoms with Crippen molar-refractivity contribution in [2.45, 2.75) is 26.9 Å². The molecule has 41 heavy (non-hydrogen) atoms. The minimum Gasteiger partial charge on any atom is -0.494 e. The van der Waals surface area contributed by atoms with Crippen LogP contribution < -0.4 is 14.8 Å². The molecule has 0 atom stereocenters. The molecule has 0 saturated heterocycles. The van der Waals surface area contributed by atoms with Crippen molar-refractivity contribution in [3.05, 3.63) is 94.2 Å². The van der Waals surface area contributed by atoms with E-state index in [1.807, 2.05) is 0 Å². The van der Waals surface area contributed by atoms with Crippen LogP contribution in [0.15, 0.2) is 66.7 Å². The lowest BCUT2D eigenvalue weighted by Gasteiger charge is -2.16. The second-order valence-corrected chi connectivity index (χ2v) is 8.80. The Balaban J connectivity index is 1.89. The number of pyridine rings is 2. The summed E-state index contributed by atoms with van der Waals surface area (Å²) in [5.41, 5.74) is -2.15. The number of hydrogen-bond acceptors (Lipinski definition) is 8. The average molecular weight is 584 g/mol. The zero-order valence-corrected chi connectivity index (χ0v) is 22.9. The fraction of sp³-hybridized carbons (Fsp3) is 0.250. The Kier molecular flexibility index (Phi) is 5.40. The Morgan fingerprint density at radius 2 is 2.12 bits per heavy atom. The van der Waals surface area contributed by atoms with Crippen molar-refractivity contribution < 1.29 is 33.5 Å². The Hall–Kier alpha value is -4.45. The summed E-state index contributed by atoms with van der Waals surface area (Å²) in [7, 11) is 1.31. The van der Waals surface area contributed by atoms with Gasteiger partial charge in [-0.1, -0.05) is 23.7 Å². The van der Waals surface area contributed by atoms with Gasteiger partial charge in [0, 0.05) is 51.6 Å². The lowest BCUT2D eigenvalue weighted by atomic mass is 10.0. The third-order valence-electron chi connectivity index (χ3n) is 5.24. The maximum absolute atomic E-state index is 13.1. The number of anilines is 2. The number of allylic oxidation sites excluding steroid dienone is 1. The highest BCUT2D eigenvalue weighted by atomic mass is 35.5. The number of carbonyl (C=O) groups excluding carboxylic acids is 1. The molecule has 0 fully saturated rings. The first-order valence-corrected chi connectivity index (χ1v) is 12.4. The molecule has 1 N–H and O–H groups in total. The van der Waals surface area contributed by atoms with Gasteiger partial charge in [-0.05, 0) is 70.2 Å². The maximum Gasteiger partial charge on any atom is 0.159 e. The third-order valence-corrected chi connectivity index (χ3v) is 5.51. The highest BCUT2D eigenvalue weighted by molar-refractivity contribution is 6.32. The zero-order valence-electron chi connectivity index (χ0n) is 36.2. The van der Waals surface area contributed by atoms with Crippen LogP contribution in [-0.2, 0) is 17.8 Å². The summed E-state index contributed by atoms with van der Waals surface area (Å²) in [6, 6.07) is -2.59. The molecule has 0 saturated carbocycles. The van der Waals surface area contributed by atoms with Gasteiger partial charge in [0.2, 0.25) is 0 Å². The smallest absolute Gasteiger partial charge is 0.159 e. The van der Waals surface area contributed by atoms with Gasteiger partial charge < -0.3 is 19.7 Å². The van der Waals surface area contributed by atoms with Crippen molar-refractivity contribution in [3.8, 4) is 17.6 Å². The number of fused-ring (bicyclic) bond motifs is 1. The molecular weight excluding hydrogens is 538 g/mol. The summed E-state index contributed by atoms with van der Waals surface area (Å²) >= 11 is 6.46. The number of likely N-dealkylation sites (N-methyl/N-ethyl adjacent to an activating group) is 1. The number of carbonyl (C=O) groups is 1. The van der Waals surface area contributed by atoms with E-state index in [0.29, 0.717) is 0 Å². The van der Waals surface area contributed by atoms with Gasteiger partial charge in [-0.25, -0.2) is 0 Å². The fourth-order valence-corrected chi connectivity index (χ4v) is 3.68. The van der Waals surface area contributed by atoms with E-state index in [2.05, 4.69) is 15.3 Å². The van der Waals surface area contributed by atoms with Gasteiger partial charge in [-0.2, -0.15) is 5.26 Å². The van der Waals surface area contributed by atoms with E-state index in [9.17, 15) is 10.1 Å². The molecule has 0 radical (unpaired) electrons. The predicted octanol–water partition coefficient (Wildman–Crippen LogP) is 6.41. The molecule has 2 aromatic heterocycles. The molecule has 210 valence electrons. The SMILES string of the molecule is [2H]c1nc2c([2H])c(OC([2H])([2H])C)c(CC(=O)/C=C/CN(C)C([2H])([2H])[2H])c([2H])c2c(Nc2c([2H])c([2H])c(OCc3nc(C)c([2H])c([2H])c3[2H])c(Cl)c2[2H])c1C#N. The number of ketones is 1. The summed E-state index contributed by atoms with van der Waals surface area (Å²) in [6.45, 7) is -3.09. The van der Waals surface area contributed by atoms with E-state index in [0.717, 1.165) is 17.9 Å². The van der Waals surface area contributed by atoms with E-state index in [1.165, 1.54) is 20.0 Å². The number of aryl methyl sites for hydroxylation is 1. The topological polar surface area (TPSA) is 100 Å². The highest BCUT2D eigenvalue weighted by Gasteiger charge is 2.16. The summed E-state index contributed by atoms with van der Waals surface area (Å²) in [5.74, 6) is -1.73. The van der Waals surface area contributed by atoms with Gasteiger partial charge >= 0.3 is 0 Å². The molecule has 8 nitrogen and oxygen atoms in total. The molecule has 2 heterocycles. The second-order valence-electron chi connectivity index (χ2n) is 8.42. The normalized spacial score (nSPS) is 16.7. The van der Waals surface area contributed by atoms with Crippen molar-refractivity contribution in [2.75, 3.05) is 32.4 Å². The number of nitrogens with zero attached hydrogens (tertiary/aromatic N) is 4. The molecule has 0 aliphatic heterocycles. The quantitative estimate of drug-likeness (QED) is 0.191. The minimum absolute atomic E-state index is 0.0690. The average Bonchev–Trinajstić information content (AvgIpc) is 3.09. The summed E-state index contributed by atoms with van der Waals surface area (Å²) in [5, 5.41) is 11.9. The molecule has 4 aromatic rings. The fourth-order valence-electron chi connectivity index (χ4n) is 3.48. The number of benzene rings is 2. The molecule has 2 aromatic carbocycles. The van der Waals surface area contributed by atoms with Crippen molar-refractivity contribution in [2.24, 2.45) is 0 Å². The molecule has 0 unspecified atom stereocenters. The number of rotatable bonds is 12. The molecule has 0 aliphatic carbocycles. The van der Waals surface area contributed by atoms with Gasteiger partial charge in [0.15, 0.2) is 5.78 Å². The van der Waals surface area contributed by atoms with E-state index >= 15 is 0 Å². The van der Waals surface area contributed by atoms with E-state index < -0.39 is 120 Å². The lowest BCUT2D eigenvalue weighted by Crippen LogP contribution is -2.11. The highest BCUT2D eigenvalue weighted by Crippen LogP contribution is 2.36. The molecule has 0 bridgehead atoms. The van der Waals surface area contributed by atoms with Crippen molar-refractivity contribution in [1.29, 1.82) is 5.26 Å². The number of aromatic nitrogens is 2. The van der Waals surface area contributed by atoms with Crippen LogP contribution in [-0.4, -0.2) is 47.8 Å². The predicted molar refractivity (Wildman–Crippen MR) is 162 cm³/mol. The van der Waals surface area contributed by atoms with Crippen LogP contribution in [0.4, 0.5) is 11.4 Å². The van der Waals surface area contributed by atoms with Crippen molar-refractivity contribution in [3.63, 3.8) is 0 Å². The summed E-state index contributed by atoms with van der Waals surface area (Å²) in [6.07, 6.45) is 0.910. The molecule has 4 rings (SSSR count). The van der Waals surface area contributed by atoms with Gasteiger partial charge in [0.05, 0.1) is 49.1 Å². The van der Waals surface area contributed by atoms with Gasteiger partial charge in [0.1, 0.15) is 24.2 Å². The standard InChI is InChI=1S/C32H32ClN5O3/c1-5-40-31-17-29-27(15-22(31)14-26(39)10-7-13-38(3)4)32(23(18-34)19-35-29)37-24-11-12-30(28(33)16-24)41-20-25-9-6-8-21(2)36-25/h6-12,15-17,19H,5,13-14,20H2,1-4H3,(H,35,37)/b10-7+/i3D3,5D2,6D,8D,9D,11D,12D,15D,16D,17D,19D. The summed E-state index contributed by atoms with van der Waals surface area (Å²) in [4.78, 5) is 22.2. The Labute approximate surface area is 264 Å². The van der Waals surface area contributed by atoms with Gasteiger partial charge in [-0.3, -0.25) is 14.8 Å². The van der Waals surface area contributed by atoms with Crippen LogP contribution in [0.3, 0.4) is 0 Å². The maximum atomic E-state index is 13.1. The number of nitriles is 1. The van der Waals surface area contributed by atoms with Crippen molar-refractivity contribution >= 4 is 39.7 Å². The van der Waals surface area contributed by atoms with Crippen LogP contribution in [0.2, 0.25) is 5.02 Å². The van der Waals surface area contributed by atoms with Crippen LogP contribution in [0.5, 0.6) is 11.5 Å². The van der Waals surface area contributed by atoms with Crippen LogP contribution in [0.25, 0.3) is 10.9 Å². The number of hydrogen-bond donors (Lipinski definition) is 1. The third kappa shape index (κ3) is 7.82. The minimum atomic E-state index is -2.44. The lowest BCUT2D eigenvalue weighted by molar-refractivity contribution is -0.114. The van der Waals surface area contributed by atoms with E-state index in [4.69, 9.17) is 40.3 Å². The van der Waals surface area contributed by atoms with Crippen molar-refractivity contribution in [1.82, 2.24) is 14.9 Å². The van der Waals surface area contributed by atoms with E-state index in [1.54, 1.807) is 6.07 Å². The first-order valence-electron chi connectivity index (χ1n) is 19.0. The largest absolute Gasteiger partial charge is 0.494 e. The summed E-state index contributed by atoms with van der Waals surface area (Å²) < 4.78 is 126. The Bertz CT molecular complexity index is 2260. The zero-order chi connectivity index (χ0) is 41.5. The Morgan fingerprint density at radius 1 is 1.27 bits per heavy atom. The van der Waals surface area contributed by atoms with Gasteiger partial charge in [-0.15, -0.1) is 0 Å². The van der Waals surface area contributed by atoms with Gasteiger partial charge in [0.25, 0.3) is 0 Å². The molecule has 9 heteroatoms. The first kappa shape index (κ1) is 16.1. The number of nitrogens with one attached hydrogen (secondary N) is 1. The van der Waals surface area contributed by atoms with Crippen LogP contribution in [0.1, 0.15) is 48.6 Å². The van der Waals surface area contributed by atoms with E-state index in [-0.39, 0.29) is 34.9 Å². The van der Waals surface area contributed by atoms with Crippen LogP contribution >= 0.6 is 11.6 Å². The Morgan fingerprint density at radius 3 is 2.90 bits per heavy atom. The number of ether oxygens (including phenoxy) is 2. The second kappa shape index (κ2) is 13.8. The molecule has 0 aliphatic rings. The number of halogens is 1. The monoisotopic (exact) mass is 583 g/mol. The first-order chi connectivity index (χ1) is 25.4. The molecule has 0 amide bonds. The molecular formula is C32H32ClN5O3. The molecule has 0 spiro atoms. The van der Waals surface area contributed by atoms with Crippen LogP contribution in [0, 0.1) is 18.3 Å².